The summed E-state index contributed by atoms with van der Waals surface area (Å²) in [5.41, 5.74) is 1.19. The summed E-state index contributed by atoms with van der Waals surface area (Å²) in [6, 6.07) is 1.79. The molecule has 0 atom stereocenters. The van der Waals surface area contributed by atoms with Crippen LogP contribution < -0.4 is 5.32 Å². The van der Waals surface area contributed by atoms with Crippen molar-refractivity contribution in [3.8, 4) is 0 Å². The number of nitrogens with one attached hydrogen (secondary N) is 1. The van der Waals surface area contributed by atoms with E-state index in [1.54, 1.807) is 13.0 Å². The van der Waals surface area contributed by atoms with Crippen molar-refractivity contribution in [2.45, 2.75) is 13.3 Å². The zero-order chi connectivity index (χ0) is 20.0. The minimum absolute atomic E-state index is 0.0563. The van der Waals surface area contributed by atoms with E-state index < -0.39 is 30.4 Å². The molecule has 0 aromatic carbocycles. The van der Waals surface area contributed by atoms with E-state index in [0.717, 1.165) is 16.9 Å². The molecule has 0 unspecified atom stereocenters. The maximum Gasteiger partial charge on any atom is 0.348 e. The van der Waals surface area contributed by atoms with Crippen LogP contribution in [0.4, 0.5) is 5.00 Å². The van der Waals surface area contributed by atoms with E-state index in [9.17, 15) is 19.2 Å². The average Bonchev–Trinajstić information content (AvgIpc) is 3.26. The normalized spacial score (nSPS) is 10.2. The van der Waals surface area contributed by atoms with E-state index in [0.29, 0.717) is 5.56 Å². The highest BCUT2D eigenvalue weighted by Crippen LogP contribution is 2.34. The number of esters is 3. The topological polar surface area (TPSA) is 108 Å². The summed E-state index contributed by atoms with van der Waals surface area (Å²) in [5, 5.41) is 6.25. The van der Waals surface area contributed by atoms with Crippen molar-refractivity contribution in [3.05, 3.63) is 38.4 Å². The standard InChI is InChI=1S/C17H17NO7S2/c1-9-13(16(21)23-2)15(27-14(9)17(22)24-3)18-11(19)7-25-12(20)6-10-4-5-26-8-10/h4-5,8H,6-7H2,1-3H3,(H,18,19). The van der Waals surface area contributed by atoms with Crippen LogP contribution in [0.5, 0.6) is 0 Å². The van der Waals surface area contributed by atoms with Gasteiger partial charge in [0.2, 0.25) is 0 Å². The molecule has 0 radical (unpaired) electrons. The van der Waals surface area contributed by atoms with E-state index in [1.807, 2.05) is 10.8 Å². The quantitative estimate of drug-likeness (QED) is 0.550. The summed E-state index contributed by atoms with van der Waals surface area (Å²) in [4.78, 5) is 47.8. The summed E-state index contributed by atoms with van der Waals surface area (Å²) < 4.78 is 14.3. The number of carbonyl (C=O) groups is 4. The Morgan fingerprint density at radius 3 is 2.41 bits per heavy atom. The number of methoxy groups -OCH3 is 2. The highest BCUT2D eigenvalue weighted by Gasteiger charge is 2.26. The fraction of sp³-hybridized carbons (Fsp3) is 0.294. The largest absolute Gasteiger partial charge is 0.465 e. The van der Waals surface area contributed by atoms with Gasteiger partial charge in [0.15, 0.2) is 6.61 Å². The molecule has 0 aliphatic carbocycles. The van der Waals surface area contributed by atoms with Gasteiger partial charge in [-0.3, -0.25) is 9.59 Å². The molecule has 0 aliphatic rings. The molecule has 1 N–H and O–H groups in total. The maximum atomic E-state index is 12.1. The van der Waals surface area contributed by atoms with Gasteiger partial charge in [-0.25, -0.2) is 9.59 Å². The molecule has 27 heavy (non-hydrogen) atoms. The highest BCUT2D eigenvalue weighted by molar-refractivity contribution is 7.18. The summed E-state index contributed by atoms with van der Waals surface area (Å²) in [7, 11) is 2.40. The Morgan fingerprint density at radius 1 is 1.11 bits per heavy atom. The maximum absolute atomic E-state index is 12.1. The summed E-state index contributed by atoms with van der Waals surface area (Å²) in [5.74, 6) is -2.53. The van der Waals surface area contributed by atoms with Gasteiger partial charge in [-0.15, -0.1) is 11.3 Å². The van der Waals surface area contributed by atoms with Crippen LogP contribution in [-0.4, -0.2) is 44.6 Å². The molecule has 0 aliphatic heterocycles. The molecule has 0 saturated heterocycles. The fourth-order valence-electron chi connectivity index (χ4n) is 2.16. The summed E-state index contributed by atoms with van der Waals surface area (Å²) in [6.07, 6.45) is 0.0643. The molecule has 2 rings (SSSR count). The number of carbonyl (C=O) groups excluding carboxylic acids is 4. The van der Waals surface area contributed by atoms with Gasteiger partial charge < -0.3 is 19.5 Å². The lowest BCUT2D eigenvalue weighted by atomic mass is 10.1. The predicted molar refractivity (Wildman–Crippen MR) is 99.3 cm³/mol. The van der Waals surface area contributed by atoms with Crippen LogP contribution in [0.1, 0.15) is 31.2 Å². The molecular weight excluding hydrogens is 394 g/mol. The van der Waals surface area contributed by atoms with Crippen LogP contribution in [0.25, 0.3) is 0 Å². The third kappa shape index (κ3) is 5.14. The number of hydrogen-bond donors (Lipinski definition) is 1. The lowest BCUT2D eigenvalue weighted by molar-refractivity contribution is -0.146. The number of ether oxygens (including phenoxy) is 3. The Balaban J connectivity index is 2.06. The van der Waals surface area contributed by atoms with E-state index in [2.05, 4.69) is 10.1 Å². The van der Waals surface area contributed by atoms with Crippen LogP contribution in [0.15, 0.2) is 16.8 Å². The number of anilines is 1. The zero-order valence-corrected chi connectivity index (χ0v) is 16.5. The van der Waals surface area contributed by atoms with Crippen molar-refractivity contribution in [3.63, 3.8) is 0 Å². The molecule has 1 amide bonds. The Morgan fingerprint density at radius 2 is 1.81 bits per heavy atom. The van der Waals surface area contributed by atoms with Gasteiger partial charge in [-0.05, 0) is 34.9 Å². The molecular formula is C17H17NO7S2. The first-order valence-electron chi connectivity index (χ1n) is 7.64. The van der Waals surface area contributed by atoms with E-state index in [-0.39, 0.29) is 21.9 Å². The highest BCUT2D eigenvalue weighted by atomic mass is 32.1. The molecule has 10 heteroatoms. The van der Waals surface area contributed by atoms with Crippen molar-refractivity contribution in [1.82, 2.24) is 0 Å². The van der Waals surface area contributed by atoms with Gasteiger partial charge in [0.25, 0.3) is 5.91 Å². The van der Waals surface area contributed by atoms with Gasteiger partial charge in [0.1, 0.15) is 9.88 Å². The Kier molecular flexibility index (Phi) is 7.08. The molecule has 8 nitrogen and oxygen atoms in total. The van der Waals surface area contributed by atoms with Gasteiger partial charge in [0.05, 0.1) is 26.2 Å². The number of thiophene rings is 2. The minimum atomic E-state index is -0.705. The van der Waals surface area contributed by atoms with Crippen LogP contribution in [0, 0.1) is 6.92 Å². The Hall–Kier alpha value is -2.72. The second-order valence-corrected chi connectivity index (χ2v) is 7.06. The van der Waals surface area contributed by atoms with E-state index in [1.165, 1.54) is 25.6 Å². The van der Waals surface area contributed by atoms with Crippen molar-refractivity contribution >= 4 is 51.5 Å². The van der Waals surface area contributed by atoms with Crippen LogP contribution in [0.2, 0.25) is 0 Å². The van der Waals surface area contributed by atoms with E-state index >= 15 is 0 Å². The molecule has 0 bridgehead atoms. The fourth-order valence-corrected chi connectivity index (χ4v) is 3.95. The van der Waals surface area contributed by atoms with Gasteiger partial charge in [-0.2, -0.15) is 11.3 Å². The minimum Gasteiger partial charge on any atom is -0.465 e. The molecule has 2 aromatic heterocycles. The van der Waals surface area contributed by atoms with Crippen molar-refractivity contribution in [2.24, 2.45) is 0 Å². The lowest BCUT2D eigenvalue weighted by Gasteiger charge is -2.07. The molecule has 2 aromatic rings. The van der Waals surface area contributed by atoms with Crippen molar-refractivity contribution < 1.29 is 33.4 Å². The van der Waals surface area contributed by atoms with Crippen LogP contribution in [-0.2, 0) is 30.2 Å². The summed E-state index contributed by atoms with van der Waals surface area (Å²) >= 11 is 2.34. The SMILES string of the molecule is COC(=O)c1sc(NC(=O)COC(=O)Cc2ccsc2)c(C(=O)OC)c1C. The Bertz CT molecular complexity index is 855. The predicted octanol–water partition coefficient (Wildman–Crippen LogP) is 2.42. The second kappa shape index (κ2) is 9.28. The van der Waals surface area contributed by atoms with Gasteiger partial charge in [-0.1, -0.05) is 0 Å². The second-order valence-electron chi connectivity index (χ2n) is 5.26. The monoisotopic (exact) mass is 411 g/mol. The van der Waals surface area contributed by atoms with Crippen molar-refractivity contribution in [2.75, 3.05) is 26.1 Å². The molecule has 0 fully saturated rings. The number of amides is 1. The first-order valence-corrected chi connectivity index (χ1v) is 9.39. The van der Waals surface area contributed by atoms with Crippen molar-refractivity contribution in [1.29, 1.82) is 0 Å². The smallest absolute Gasteiger partial charge is 0.348 e. The number of rotatable bonds is 7. The first kappa shape index (κ1) is 20.6. The molecule has 144 valence electrons. The third-order valence-electron chi connectivity index (χ3n) is 3.45. The average molecular weight is 411 g/mol. The molecule has 0 saturated carbocycles. The van der Waals surface area contributed by atoms with E-state index in [4.69, 9.17) is 9.47 Å². The van der Waals surface area contributed by atoms with Gasteiger partial charge >= 0.3 is 17.9 Å². The number of hydrogen-bond acceptors (Lipinski definition) is 9. The molecule has 0 spiro atoms. The Labute approximate surface area is 163 Å². The van der Waals surface area contributed by atoms with Crippen LogP contribution >= 0.6 is 22.7 Å². The molecule has 2 heterocycles. The lowest BCUT2D eigenvalue weighted by Crippen LogP contribution is -2.22. The van der Waals surface area contributed by atoms with Crippen LogP contribution in [0.3, 0.4) is 0 Å². The zero-order valence-electron chi connectivity index (χ0n) is 14.8. The third-order valence-corrected chi connectivity index (χ3v) is 5.37. The first-order chi connectivity index (χ1) is 12.9. The van der Waals surface area contributed by atoms with Gasteiger partial charge in [0, 0.05) is 0 Å². The summed E-state index contributed by atoms with van der Waals surface area (Å²) in [6.45, 7) is 1.03.